The van der Waals surface area contributed by atoms with E-state index in [1.54, 1.807) is 0 Å². The standard InChI is InChI=1S/C10H10N8O9P2/c11-9-14-6-3(7(21)15-9)13-10(16-17-12)18(6)8-5(20)4(19)2(26-8)1-25-29(24)27-28(22)23/h2,4-5,8,19-20H,1H2,(H2-2,11,14,15,21,22,23)/p+2. The summed E-state index contributed by atoms with van der Waals surface area (Å²) in [7, 11) is -6.17. The third kappa shape index (κ3) is 4.23. The van der Waals surface area contributed by atoms with Gasteiger partial charge < -0.3 is 20.7 Å². The molecule has 2 aromatic heterocycles. The van der Waals surface area contributed by atoms with Crippen LogP contribution in [0.1, 0.15) is 6.23 Å². The highest BCUT2D eigenvalue weighted by molar-refractivity contribution is 7.47. The summed E-state index contributed by atoms with van der Waals surface area (Å²) in [5.41, 5.74) is 13.0. The van der Waals surface area contributed by atoms with Crippen LogP contribution in [0.15, 0.2) is 9.91 Å². The number of aliphatic hydroxyl groups excluding tert-OH is 2. The fourth-order valence-electron chi connectivity index (χ4n) is 2.63. The third-order valence-electron chi connectivity index (χ3n) is 3.76. The highest BCUT2D eigenvalue weighted by atomic mass is 31.2. The quantitative estimate of drug-likeness (QED) is 0.156. The van der Waals surface area contributed by atoms with Gasteiger partial charge in [-0.1, -0.05) is 0 Å². The van der Waals surface area contributed by atoms with Crippen LogP contribution in [0.5, 0.6) is 0 Å². The molecule has 19 heteroatoms. The van der Waals surface area contributed by atoms with Gasteiger partial charge in [0.25, 0.3) is 5.56 Å². The number of fused-ring (bicyclic) bond motifs is 1. The maximum absolute atomic E-state index is 12.0. The number of aliphatic hydroxyl groups is 2. The lowest BCUT2D eigenvalue weighted by Crippen LogP contribution is -2.33. The molecule has 2 aromatic rings. The molecule has 0 saturated carbocycles. The van der Waals surface area contributed by atoms with Crippen LogP contribution < -0.4 is 11.3 Å². The molecule has 6 unspecified atom stereocenters. The molecule has 0 aliphatic carbocycles. The van der Waals surface area contributed by atoms with E-state index in [9.17, 15) is 24.1 Å². The summed E-state index contributed by atoms with van der Waals surface area (Å²) in [4.78, 5) is 33.0. The second kappa shape index (κ2) is 8.42. The lowest BCUT2D eigenvalue weighted by Gasteiger charge is -2.17. The van der Waals surface area contributed by atoms with Gasteiger partial charge in [0, 0.05) is 14.0 Å². The number of nitrogens with zero attached hydrogens (tertiary/aromatic N) is 6. The molecule has 1 aliphatic heterocycles. The van der Waals surface area contributed by atoms with Crippen LogP contribution in [0.25, 0.3) is 21.6 Å². The smallest absolute Gasteiger partial charge is 0.387 e. The van der Waals surface area contributed by atoms with E-state index in [1.807, 2.05) is 0 Å². The van der Waals surface area contributed by atoms with Gasteiger partial charge in [-0.05, 0) is 10.6 Å². The number of azide groups is 1. The number of ether oxygens (including phenoxy) is 1. The van der Waals surface area contributed by atoms with Crippen LogP contribution in [0.4, 0.5) is 11.9 Å². The molecule has 3 heterocycles. The lowest BCUT2D eigenvalue weighted by molar-refractivity contribution is -0.0466. The van der Waals surface area contributed by atoms with E-state index < -0.39 is 59.2 Å². The van der Waals surface area contributed by atoms with Gasteiger partial charge in [-0.15, -0.1) is 9.42 Å². The SMILES string of the molecule is [N-]=[N+]=Nc1nc2c(=O)[nH]c(N)nc2n1C1OC(CO[P+](=O)O[P+](=O)O)C(O)C1O. The van der Waals surface area contributed by atoms with Gasteiger partial charge >= 0.3 is 16.5 Å². The zero-order chi connectivity index (χ0) is 21.3. The Balaban J connectivity index is 1.94. The first-order chi connectivity index (χ1) is 13.7. The zero-order valence-corrected chi connectivity index (χ0v) is 15.8. The number of hydrogen-bond acceptors (Lipinski definition) is 12. The van der Waals surface area contributed by atoms with Crippen molar-refractivity contribution in [2.24, 2.45) is 5.11 Å². The van der Waals surface area contributed by atoms with Gasteiger partial charge in [0.1, 0.15) is 24.9 Å². The average Bonchev–Trinajstić information content (AvgIpc) is 3.11. The molecule has 0 spiro atoms. The van der Waals surface area contributed by atoms with Crippen molar-refractivity contribution in [2.45, 2.75) is 24.5 Å². The first kappa shape index (κ1) is 21.1. The van der Waals surface area contributed by atoms with E-state index >= 15 is 0 Å². The normalized spacial score (nSPS) is 25.1. The Kier molecular flexibility index (Phi) is 6.14. The summed E-state index contributed by atoms with van der Waals surface area (Å²) in [5.74, 6) is -0.702. The van der Waals surface area contributed by atoms with E-state index in [2.05, 4.69) is 33.8 Å². The summed E-state index contributed by atoms with van der Waals surface area (Å²) < 4.78 is 36.9. The van der Waals surface area contributed by atoms with Crippen molar-refractivity contribution < 1.29 is 37.8 Å². The Bertz CT molecular complexity index is 1080. The third-order valence-corrected chi connectivity index (χ3v) is 5.21. The second-order valence-corrected chi connectivity index (χ2v) is 7.31. The minimum atomic E-state index is -3.18. The topological polar surface area (TPSA) is 261 Å². The minimum absolute atomic E-state index is 0.196. The van der Waals surface area contributed by atoms with Gasteiger partial charge in [0.15, 0.2) is 21.7 Å². The fourth-order valence-corrected chi connectivity index (χ4v) is 3.54. The molecule has 17 nitrogen and oxygen atoms in total. The number of anilines is 1. The number of aromatic nitrogens is 4. The van der Waals surface area contributed by atoms with E-state index in [-0.39, 0.29) is 17.1 Å². The molecule has 6 atom stereocenters. The van der Waals surface area contributed by atoms with Crippen molar-refractivity contribution in [3.8, 4) is 0 Å². The maximum Gasteiger partial charge on any atom is 0.747 e. The van der Waals surface area contributed by atoms with Crippen molar-refractivity contribution in [3.63, 3.8) is 0 Å². The molecule has 154 valence electrons. The van der Waals surface area contributed by atoms with Crippen LogP contribution in [0.3, 0.4) is 0 Å². The van der Waals surface area contributed by atoms with Crippen molar-refractivity contribution in [2.75, 3.05) is 12.3 Å². The van der Waals surface area contributed by atoms with Crippen LogP contribution in [-0.4, -0.2) is 59.5 Å². The van der Waals surface area contributed by atoms with E-state index in [1.165, 1.54) is 0 Å². The molecule has 6 N–H and O–H groups in total. The van der Waals surface area contributed by atoms with Crippen molar-refractivity contribution in [1.29, 1.82) is 0 Å². The molecule has 0 radical (unpaired) electrons. The predicted molar refractivity (Wildman–Crippen MR) is 91.8 cm³/mol. The van der Waals surface area contributed by atoms with Gasteiger partial charge in [0.2, 0.25) is 11.9 Å². The summed E-state index contributed by atoms with van der Waals surface area (Å²) >= 11 is 0. The van der Waals surface area contributed by atoms with Crippen LogP contribution in [-0.2, 0) is 22.7 Å². The molecule has 3 rings (SSSR count). The molecular formula is C10H12N8O9P2+2. The Morgan fingerprint density at radius 1 is 1.38 bits per heavy atom. The number of nitrogens with two attached hydrogens (primary N) is 1. The summed E-state index contributed by atoms with van der Waals surface area (Å²) in [6, 6.07) is 0. The number of imidazole rings is 1. The van der Waals surface area contributed by atoms with E-state index in [0.717, 1.165) is 4.57 Å². The Morgan fingerprint density at radius 2 is 2.10 bits per heavy atom. The first-order valence-electron chi connectivity index (χ1n) is 7.51. The lowest BCUT2D eigenvalue weighted by atomic mass is 10.1. The molecule has 1 aliphatic rings. The largest absolute Gasteiger partial charge is 0.747 e. The number of aromatic amines is 1. The number of nitrogens with one attached hydrogen (secondary N) is 1. The van der Waals surface area contributed by atoms with Gasteiger partial charge in [-0.3, -0.25) is 14.3 Å². The van der Waals surface area contributed by atoms with E-state index in [4.69, 9.17) is 20.9 Å². The van der Waals surface area contributed by atoms with E-state index in [0.29, 0.717) is 0 Å². The van der Waals surface area contributed by atoms with Crippen LogP contribution in [0.2, 0.25) is 0 Å². The van der Waals surface area contributed by atoms with Gasteiger partial charge in [-0.25, -0.2) is 4.98 Å². The maximum atomic E-state index is 12.0. The van der Waals surface area contributed by atoms with Crippen molar-refractivity contribution in [3.05, 3.63) is 20.8 Å². The molecule has 0 aromatic carbocycles. The molecule has 1 saturated heterocycles. The number of hydrogen-bond donors (Lipinski definition) is 5. The molecule has 0 amide bonds. The highest BCUT2D eigenvalue weighted by Crippen LogP contribution is 2.39. The molecule has 0 bridgehead atoms. The summed E-state index contributed by atoms with van der Waals surface area (Å²) in [6.07, 6.45) is -5.98. The monoisotopic (exact) mass is 450 g/mol. The van der Waals surface area contributed by atoms with Crippen molar-refractivity contribution >= 4 is 39.6 Å². The Morgan fingerprint density at radius 3 is 2.76 bits per heavy atom. The van der Waals surface area contributed by atoms with Gasteiger partial charge in [0.05, 0.1) is 0 Å². The fraction of sp³-hybridized carbons (Fsp3) is 0.500. The minimum Gasteiger partial charge on any atom is -0.387 e. The van der Waals surface area contributed by atoms with Gasteiger partial charge in [-0.2, -0.15) is 4.98 Å². The zero-order valence-electron chi connectivity index (χ0n) is 14.0. The molecular weight excluding hydrogens is 438 g/mol. The predicted octanol–water partition coefficient (Wildman–Crippen LogP) is -0.397. The molecule has 29 heavy (non-hydrogen) atoms. The first-order valence-corrected chi connectivity index (χ1v) is 9.74. The Labute approximate surface area is 160 Å². The van der Waals surface area contributed by atoms with Crippen molar-refractivity contribution in [1.82, 2.24) is 19.5 Å². The average molecular weight is 450 g/mol. The highest BCUT2D eigenvalue weighted by Gasteiger charge is 2.47. The second-order valence-electron chi connectivity index (χ2n) is 5.48. The summed E-state index contributed by atoms with van der Waals surface area (Å²) in [5, 5.41) is 23.8. The number of nitrogen functional groups attached to an aromatic ring is 1. The number of H-pyrrole nitrogens is 1. The summed E-state index contributed by atoms with van der Waals surface area (Å²) in [6.45, 7) is -0.604. The molecule has 1 fully saturated rings. The Hall–Kier alpha value is -2.58. The number of rotatable bonds is 7. The van der Waals surface area contributed by atoms with Crippen LogP contribution in [0, 0.1) is 0 Å². The van der Waals surface area contributed by atoms with Crippen LogP contribution >= 0.6 is 16.5 Å².